The van der Waals surface area contributed by atoms with Crippen LogP contribution in [0.25, 0.3) is 6.08 Å². The Hall–Kier alpha value is -4.14. The summed E-state index contributed by atoms with van der Waals surface area (Å²) in [7, 11) is 3.36. The minimum absolute atomic E-state index is 0.105. The van der Waals surface area contributed by atoms with Gasteiger partial charge in [0.05, 0.1) is 13.2 Å². The van der Waals surface area contributed by atoms with Crippen LogP contribution in [0.3, 0.4) is 0 Å². The van der Waals surface area contributed by atoms with E-state index in [9.17, 15) is 19.2 Å². The summed E-state index contributed by atoms with van der Waals surface area (Å²) in [5.74, 6) is -1.66. The van der Waals surface area contributed by atoms with Crippen LogP contribution in [0, 0.1) is 17.3 Å². The Morgan fingerprint density at radius 1 is 1.00 bits per heavy atom. The Balaban J connectivity index is 1.12. The van der Waals surface area contributed by atoms with Crippen LogP contribution in [-0.4, -0.2) is 102 Å². The standard InChI is InChI=1S/C38H44N4O9/c1-41(2)29(44)15-10-23-7-3-4-8-25(23)21-42-32-35(46)48-28-19-37(32,36(47)40-20-22-6-5-9-24(18-22)34(45)39-16-17-43)33(51-42)31-30(28)49-38(50-31,26-11-12-26)27-13-14-27/h3-10,15,18,26-28,30-33,43H,11-14,16-17,19-21H2,1-2H3,(H,39,45)(H,40,47). The SMILES string of the molecule is CN(C)C(=O)C=Cc1ccccc1CN1OC2C3OC(C4CC4)(C4CC4)OC3C3CC2(C(=O)NCc2cccc(C(=O)NCCO)c2)C1C(=O)O3. The monoisotopic (exact) mass is 700 g/mol. The Morgan fingerprint density at radius 2 is 1.75 bits per heavy atom. The second-order valence-corrected chi connectivity index (χ2v) is 14.8. The summed E-state index contributed by atoms with van der Waals surface area (Å²) in [5, 5.41) is 16.4. The topological polar surface area (TPSA) is 156 Å². The molecule has 13 heteroatoms. The van der Waals surface area contributed by atoms with Gasteiger partial charge in [-0.25, -0.2) is 0 Å². The van der Waals surface area contributed by atoms with Crippen LogP contribution in [0.5, 0.6) is 0 Å². The van der Waals surface area contributed by atoms with Crippen LogP contribution in [0.2, 0.25) is 0 Å². The molecule has 3 heterocycles. The van der Waals surface area contributed by atoms with Crippen LogP contribution in [0.4, 0.5) is 0 Å². The molecular formula is C38H44N4O9. The van der Waals surface area contributed by atoms with Crippen molar-refractivity contribution in [3.63, 3.8) is 0 Å². The molecule has 6 unspecified atom stereocenters. The number of hydrogen-bond donors (Lipinski definition) is 3. The number of ether oxygens (including phenoxy) is 3. The first-order valence-corrected chi connectivity index (χ1v) is 17.9. The van der Waals surface area contributed by atoms with Gasteiger partial charge in [0.2, 0.25) is 11.8 Å². The van der Waals surface area contributed by atoms with Gasteiger partial charge in [0.25, 0.3) is 5.91 Å². The molecule has 2 bridgehead atoms. The molecule has 51 heavy (non-hydrogen) atoms. The van der Waals surface area contributed by atoms with E-state index in [1.54, 1.807) is 43.4 Å². The fraction of sp³-hybridized carbons (Fsp3) is 0.526. The number of likely N-dealkylation sites (N-methyl/N-ethyl adjacent to an activating group) is 1. The van der Waals surface area contributed by atoms with Gasteiger partial charge in [-0.15, -0.1) is 0 Å². The normalized spacial score (nSPS) is 30.5. The number of nitrogens with one attached hydrogen (secondary N) is 2. The van der Waals surface area contributed by atoms with E-state index in [2.05, 4.69) is 10.6 Å². The number of rotatable bonds is 12. The summed E-state index contributed by atoms with van der Waals surface area (Å²) < 4.78 is 19.9. The molecule has 2 aromatic carbocycles. The van der Waals surface area contributed by atoms with Crippen molar-refractivity contribution in [1.29, 1.82) is 0 Å². The largest absolute Gasteiger partial charge is 0.458 e. The van der Waals surface area contributed by atoms with Gasteiger partial charge in [0.1, 0.15) is 29.8 Å². The van der Waals surface area contributed by atoms with Crippen LogP contribution in [-0.2, 0) is 46.5 Å². The molecule has 13 nitrogen and oxygen atoms in total. The lowest BCUT2D eigenvalue weighted by Crippen LogP contribution is -2.69. The first-order chi connectivity index (χ1) is 24.6. The Kier molecular flexibility index (Phi) is 8.74. The number of aliphatic hydroxyl groups is 1. The van der Waals surface area contributed by atoms with Gasteiger partial charge in [-0.1, -0.05) is 36.4 Å². The first kappa shape index (κ1) is 34.0. The molecule has 0 radical (unpaired) electrons. The molecule has 3 saturated carbocycles. The second kappa shape index (κ2) is 13.1. The summed E-state index contributed by atoms with van der Waals surface area (Å²) in [6.07, 6.45) is 4.73. The van der Waals surface area contributed by atoms with E-state index in [1.807, 2.05) is 30.3 Å². The van der Waals surface area contributed by atoms with Crippen molar-refractivity contribution >= 4 is 29.8 Å². The number of aliphatic hydroxyl groups excluding tert-OH is 1. The minimum Gasteiger partial charge on any atom is -0.458 e. The van der Waals surface area contributed by atoms with E-state index >= 15 is 0 Å². The molecule has 8 rings (SSSR count). The summed E-state index contributed by atoms with van der Waals surface area (Å²) in [5.41, 5.74) is 1.31. The van der Waals surface area contributed by atoms with E-state index < -0.39 is 47.6 Å². The number of hydrogen-bond acceptors (Lipinski definition) is 10. The molecule has 6 aliphatic rings. The number of esters is 1. The Bertz CT molecular complexity index is 1740. The zero-order valence-electron chi connectivity index (χ0n) is 28.8. The highest BCUT2D eigenvalue weighted by atomic mass is 16.8. The fourth-order valence-electron chi connectivity index (χ4n) is 8.43. The number of carbonyl (C=O) groups excluding carboxylic acids is 4. The highest BCUT2D eigenvalue weighted by molar-refractivity contribution is 5.95. The Morgan fingerprint density at radius 3 is 2.47 bits per heavy atom. The number of benzene rings is 2. The number of fused-ring (bicyclic) bond motifs is 4. The third-order valence-electron chi connectivity index (χ3n) is 11.2. The maximum absolute atomic E-state index is 14.7. The van der Waals surface area contributed by atoms with E-state index in [0.717, 1.165) is 36.8 Å². The van der Waals surface area contributed by atoms with Crippen LogP contribution >= 0.6 is 0 Å². The maximum Gasteiger partial charge on any atom is 0.327 e. The van der Waals surface area contributed by atoms with Gasteiger partial charge in [0.15, 0.2) is 11.8 Å². The van der Waals surface area contributed by atoms with Gasteiger partial charge >= 0.3 is 5.97 Å². The third-order valence-corrected chi connectivity index (χ3v) is 11.2. The summed E-state index contributed by atoms with van der Waals surface area (Å²) >= 11 is 0. The van der Waals surface area contributed by atoms with Gasteiger partial charge in [-0.05, 0) is 60.6 Å². The van der Waals surface area contributed by atoms with Gasteiger partial charge in [-0.3, -0.25) is 24.0 Å². The van der Waals surface area contributed by atoms with Crippen molar-refractivity contribution in [3.05, 3.63) is 76.9 Å². The quantitative estimate of drug-likeness (QED) is 0.221. The van der Waals surface area contributed by atoms with E-state index in [0.29, 0.717) is 11.1 Å². The lowest BCUT2D eigenvalue weighted by atomic mass is 9.62. The van der Waals surface area contributed by atoms with Gasteiger partial charge in [-0.2, -0.15) is 5.06 Å². The van der Waals surface area contributed by atoms with Crippen molar-refractivity contribution in [3.8, 4) is 0 Å². The van der Waals surface area contributed by atoms with E-state index in [1.165, 1.54) is 11.0 Å². The lowest BCUT2D eigenvalue weighted by molar-refractivity contribution is -0.235. The summed E-state index contributed by atoms with van der Waals surface area (Å²) in [6.45, 7) is 0.205. The predicted octanol–water partition coefficient (Wildman–Crippen LogP) is 1.93. The molecule has 3 aliphatic carbocycles. The third kappa shape index (κ3) is 5.94. The second-order valence-electron chi connectivity index (χ2n) is 14.8. The molecular weight excluding hydrogens is 656 g/mol. The number of hydroxylamine groups is 2. The van der Waals surface area contributed by atoms with Crippen LogP contribution in [0.1, 0.15) is 59.2 Å². The average Bonchev–Trinajstić information content (AvgIpc) is 4.08. The maximum atomic E-state index is 14.7. The van der Waals surface area contributed by atoms with Crippen molar-refractivity contribution in [2.24, 2.45) is 17.3 Å². The zero-order valence-corrected chi connectivity index (χ0v) is 28.8. The molecule has 3 amide bonds. The van der Waals surface area contributed by atoms with Crippen LogP contribution in [0.15, 0.2) is 54.6 Å². The summed E-state index contributed by atoms with van der Waals surface area (Å²) in [4.78, 5) is 62.0. The highest BCUT2D eigenvalue weighted by Crippen LogP contribution is 2.63. The molecule has 3 saturated heterocycles. The van der Waals surface area contributed by atoms with Crippen LogP contribution < -0.4 is 10.6 Å². The Labute approximate surface area is 296 Å². The van der Waals surface area contributed by atoms with E-state index in [4.69, 9.17) is 24.2 Å². The molecule has 2 aromatic rings. The van der Waals surface area contributed by atoms with E-state index in [-0.39, 0.29) is 62.2 Å². The number of amides is 3. The molecule has 3 N–H and O–H groups in total. The number of carbonyl (C=O) groups is 4. The predicted molar refractivity (Wildman–Crippen MR) is 181 cm³/mol. The molecule has 0 aromatic heterocycles. The highest BCUT2D eigenvalue weighted by Gasteiger charge is 2.78. The van der Waals surface area contributed by atoms with Gasteiger partial charge in [0, 0.05) is 57.1 Å². The van der Waals surface area contributed by atoms with Gasteiger partial charge < -0.3 is 34.9 Å². The number of nitrogens with zero attached hydrogens (tertiary/aromatic N) is 2. The van der Waals surface area contributed by atoms with Crippen molar-refractivity contribution in [2.45, 2.75) is 81.4 Å². The zero-order chi connectivity index (χ0) is 35.5. The molecule has 6 fully saturated rings. The molecule has 0 spiro atoms. The summed E-state index contributed by atoms with van der Waals surface area (Å²) in [6, 6.07) is 13.4. The molecule has 6 atom stereocenters. The molecule has 3 aliphatic heterocycles. The minimum atomic E-state index is -1.35. The van der Waals surface area contributed by atoms with Crippen molar-refractivity contribution in [2.75, 3.05) is 27.2 Å². The van der Waals surface area contributed by atoms with Crippen molar-refractivity contribution in [1.82, 2.24) is 20.6 Å². The smallest absolute Gasteiger partial charge is 0.327 e. The first-order valence-electron chi connectivity index (χ1n) is 17.9. The average molecular weight is 701 g/mol. The fourth-order valence-corrected chi connectivity index (χ4v) is 8.43. The molecule has 270 valence electrons. The lowest BCUT2D eigenvalue weighted by Gasteiger charge is -2.48. The van der Waals surface area contributed by atoms with Crippen molar-refractivity contribution < 1.29 is 43.3 Å².